The minimum atomic E-state index is -0.979. The van der Waals surface area contributed by atoms with E-state index in [4.69, 9.17) is 10.2 Å². The maximum absolute atomic E-state index is 12.5. The Morgan fingerprint density at radius 1 is 0.960 bits per heavy atom. The molecule has 132 valence electrons. The lowest BCUT2D eigenvalue weighted by molar-refractivity contribution is 0.0697. The van der Waals surface area contributed by atoms with Crippen LogP contribution < -0.4 is 5.32 Å². The summed E-state index contributed by atoms with van der Waals surface area (Å²) in [5.41, 5.74) is 1.77. The van der Waals surface area contributed by atoms with E-state index in [1.165, 1.54) is 12.1 Å². The zero-order valence-electron chi connectivity index (χ0n) is 13.9. The van der Waals surface area contributed by atoms with Crippen LogP contribution in [-0.2, 0) is 6.54 Å². The van der Waals surface area contributed by atoms with Crippen molar-refractivity contribution in [2.75, 3.05) is 18.5 Å². The van der Waals surface area contributed by atoms with Crippen LogP contribution >= 0.6 is 0 Å². The van der Waals surface area contributed by atoms with Gasteiger partial charge in [-0.25, -0.2) is 9.59 Å². The summed E-state index contributed by atoms with van der Waals surface area (Å²) in [7, 11) is 0. The molecule has 0 saturated carbocycles. The average molecular weight is 342 g/mol. The molecule has 0 atom stereocenters. The summed E-state index contributed by atoms with van der Waals surface area (Å²) in [6.45, 7) is 0.950. The van der Waals surface area contributed by atoms with Crippen molar-refractivity contribution in [1.29, 1.82) is 0 Å². The molecule has 0 saturated heterocycles. The summed E-state index contributed by atoms with van der Waals surface area (Å²) in [5, 5.41) is 20.8. The Labute approximate surface area is 146 Å². The number of carboxylic acid groups (broad SMARTS) is 1. The normalized spacial score (nSPS) is 10.3. The maximum Gasteiger partial charge on any atom is 0.335 e. The van der Waals surface area contributed by atoms with Gasteiger partial charge < -0.3 is 20.4 Å². The number of urea groups is 1. The molecule has 0 fully saturated rings. The van der Waals surface area contributed by atoms with Crippen molar-refractivity contribution >= 4 is 17.7 Å². The highest BCUT2D eigenvalue weighted by Crippen LogP contribution is 2.12. The van der Waals surface area contributed by atoms with E-state index in [1.807, 2.05) is 30.3 Å². The molecule has 6 nitrogen and oxygen atoms in total. The van der Waals surface area contributed by atoms with Gasteiger partial charge in [0.1, 0.15) is 0 Å². The first-order valence-corrected chi connectivity index (χ1v) is 8.14. The molecule has 0 aliphatic carbocycles. The standard InChI is InChI=1S/C19H22N2O4/c22-13-5-4-12-21(19(25)20-17-6-2-1-3-7-17)14-15-8-10-16(11-9-15)18(23)24/h1-3,6-11,22H,4-5,12-14H2,(H,20,25)(H,23,24). The van der Waals surface area contributed by atoms with Crippen LogP contribution in [-0.4, -0.2) is 40.3 Å². The number of nitrogens with one attached hydrogen (secondary N) is 1. The number of unbranched alkanes of at least 4 members (excludes halogenated alkanes) is 1. The lowest BCUT2D eigenvalue weighted by Gasteiger charge is -2.23. The molecular weight excluding hydrogens is 320 g/mol. The number of amides is 2. The van der Waals surface area contributed by atoms with E-state index in [9.17, 15) is 9.59 Å². The van der Waals surface area contributed by atoms with E-state index in [-0.39, 0.29) is 18.2 Å². The van der Waals surface area contributed by atoms with Crippen LogP contribution in [0.2, 0.25) is 0 Å². The molecule has 2 aromatic rings. The Balaban J connectivity index is 2.05. The molecule has 2 aromatic carbocycles. The fourth-order valence-electron chi connectivity index (χ4n) is 2.36. The van der Waals surface area contributed by atoms with Crippen molar-refractivity contribution in [2.45, 2.75) is 19.4 Å². The summed E-state index contributed by atoms with van der Waals surface area (Å²) in [4.78, 5) is 25.1. The third kappa shape index (κ3) is 5.93. The fraction of sp³-hybridized carbons (Fsp3) is 0.263. The Morgan fingerprint density at radius 3 is 2.24 bits per heavy atom. The Bertz CT molecular complexity index is 686. The number of rotatable bonds is 8. The number of benzene rings is 2. The van der Waals surface area contributed by atoms with Gasteiger partial charge in [-0.1, -0.05) is 30.3 Å². The summed E-state index contributed by atoms with van der Waals surface area (Å²) >= 11 is 0. The second-order valence-electron chi connectivity index (χ2n) is 5.65. The van der Waals surface area contributed by atoms with Crippen LogP contribution in [0.15, 0.2) is 54.6 Å². The Hall–Kier alpha value is -2.86. The molecule has 25 heavy (non-hydrogen) atoms. The number of carbonyl (C=O) groups excluding carboxylic acids is 1. The molecule has 3 N–H and O–H groups in total. The van der Waals surface area contributed by atoms with Gasteiger partial charge in [0, 0.05) is 25.4 Å². The van der Waals surface area contributed by atoms with Gasteiger partial charge in [0.15, 0.2) is 0 Å². The average Bonchev–Trinajstić information content (AvgIpc) is 2.62. The zero-order chi connectivity index (χ0) is 18.1. The van der Waals surface area contributed by atoms with Crippen molar-refractivity contribution in [3.8, 4) is 0 Å². The number of carboxylic acids is 1. The lowest BCUT2D eigenvalue weighted by Crippen LogP contribution is -2.35. The topological polar surface area (TPSA) is 89.9 Å². The zero-order valence-corrected chi connectivity index (χ0v) is 13.9. The molecular formula is C19H22N2O4. The molecule has 6 heteroatoms. The molecule has 2 amide bonds. The molecule has 0 unspecified atom stereocenters. The number of carbonyl (C=O) groups is 2. The van der Waals surface area contributed by atoms with E-state index in [0.717, 1.165) is 5.56 Å². The highest BCUT2D eigenvalue weighted by Gasteiger charge is 2.14. The SMILES string of the molecule is O=C(O)c1ccc(CN(CCCCO)C(=O)Nc2ccccc2)cc1. The van der Waals surface area contributed by atoms with Gasteiger partial charge in [0.2, 0.25) is 0 Å². The minimum Gasteiger partial charge on any atom is -0.478 e. The number of anilines is 1. The van der Waals surface area contributed by atoms with Crippen molar-refractivity contribution < 1.29 is 19.8 Å². The number of nitrogens with zero attached hydrogens (tertiary/aromatic N) is 1. The van der Waals surface area contributed by atoms with E-state index >= 15 is 0 Å². The minimum absolute atomic E-state index is 0.0848. The van der Waals surface area contributed by atoms with E-state index < -0.39 is 5.97 Å². The van der Waals surface area contributed by atoms with Gasteiger partial charge in [0.05, 0.1) is 5.56 Å². The summed E-state index contributed by atoms with van der Waals surface area (Å²) < 4.78 is 0. The van der Waals surface area contributed by atoms with Crippen LogP contribution in [0.1, 0.15) is 28.8 Å². The predicted molar refractivity (Wildman–Crippen MR) is 95.6 cm³/mol. The third-order valence-electron chi connectivity index (χ3n) is 3.72. The highest BCUT2D eigenvalue weighted by molar-refractivity contribution is 5.89. The quantitative estimate of drug-likeness (QED) is 0.643. The van der Waals surface area contributed by atoms with E-state index in [0.29, 0.717) is 31.6 Å². The summed E-state index contributed by atoms with van der Waals surface area (Å²) in [5.74, 6) is -0.979. The van der Waals surface area contributed by atoms with Crippen LogP contribution in [0.4, 0.5) is 10.5 Å². The van der Waals surface area contributed by atoms with Gasteiger partial charge in [-0.3, -0.25) is 0 Å². The van der Waals surface area contributed by atoms with Crippen molar-refractivity contribution in [1.82, 2.24) is 4.90 Å². The molecule has 0 radical (unpaired) electrons. The number of para-hydroxylation sites is 1. The summed E-state index contributed by atoms with van der Waals surface area (Å²) in [6.07, 6.45) is 1.30. The van der Waals surface area contributed by atoms with E-state index in [1.54, 1.807) is 17.0 Å². The monoisotopic (exact) mass is 342 g/mol. The van der Waals surface area contributed by atoms with Crippen molar-refractivity contribution in [3.63, 3.8) is 0 Å². The molecule has 0 aromatic heterocycles. The van der Waals surface area contributed by atoms with Gasteiger partial charge >= 0.3 is 12.0 Å². The van der Waals surface area contributed by atoms with Crippen LogP contribution in [0, 0.1) is 0 Å². The predicted octanol–water partition coefficient (Wildman–Crippen LogP) is 3.19. The fourth-order valence-corrected chi connectivity index (χ4v) is 2.36. The molecule has 0 bridgehead atoms. The first-order valence-electron chi connectivity index (χ1n) is 8.14. The molecule has 0 aliphatic rings. The largest absolute Gasteiger partial charge is 0.478 e. The second-order valence-corrected chi connectivity index (χ2v) is 5.65. The molecule has 0 heterocycles. The molecule has 2 rings (SSSR count). The highest BCUT2D eigenvalue weighted by atomic mass is 16.4. The van der Waals surface area contributed by atoms with Crippen LogP contribution in [0.3, 0.4) is 0 Å². The smallest absolute Gasteiger partial charge is 0.335 e. The number of aromatic carboxylic acids is 1. The van der Waals surface area contributed by atoms with Crippen molar-refractivity contribution in [2.24, 2.45) is 0 Å². The van der Waals surface area contributed by atoms with Gasteiger partial charge in [-0.05, 0) is 42.7 Å². The lowest BCUT2D eigenvalue weighted by atomic mass is 10.1. The Kier molecular flexibility index (Phi) is 6.98. The first-order chi connectivity index (χ1) is 12.1. The summed E-state index contributed by atoms with van der Waals surface area (Å²) in [6, 6.07) is 15.4. The van der Waals surface area contributed by atoms with Crippen molar-refractivity contribution in [3.05, 3.63) is 65.7 Å². The molecule has 0 aliphatic heterocycles. The van der Waals surface area contributed by atoms with Gasteiger partial charge in [-0.2, -0.15) is 0 Å². The number of aliphatic hydroxyl groups is 1. The Morgan fingerprint density at radius 2 is 1.64 bits per heavy atom. The third-order valence-corrected chi connectivity index (χ3v) is 3.72. The number of hydrogen-bond acceptors (Lipinski definition) is 3. The van der Waals surface area contributed by atoms with Crippen LogP contribution in [0.5, 0.6) is 0 Å². The number of aliphatic hydroxyl groups excluding tert-OH is 1. The number of hydrogen-bond donors (Lipinski definition) is 3. The van der Waals surface area contributed by atoms with Gasteiger partial charge in [0.25, 0.3) is 0 Å². The first kappa shape index (κ1) is 18.5. The maximum atomic E-state index is 12.5. The van der Waals surface area contributed by atoms with Crippen LogP contribution in [0.25, 0.3) is 0 Å². The van der Waals surface area contributed by atoms with Gasteiger partial charge in [-0.15, -0.1) is 0 Å². The second kappa shape index (κ2) is 9.44. The molecule has 0 spiro atoms. The van der Waals surface area contributed by atoms with E-state index in [2.05, 4.69) is 5.32 Å².